The number of nitrogens with zero attached hydrogens (tertiary/aromatic N) is 1. The van der Waals surface area contributed by atoms with E-state index in [0.717, 1.165) is 18.2 Å². The maximum absolute atomic E-state index is 13.0. The number of hydrogen-bond donors (Lipinski definition) is 2. The van der Waals surface area contributed by atoms with Crippen LogP contribution >= 0.6 is 11.3 Å². The molecule has 2 N–H and O–H groups in total. The number of thiazole rings is 1. The van der Waals surface area contributed by atoms with Crippen LogP contribution in [0.25, 0.3) is 22.2 Å². The Morgan fingerprint density at radius 3 is 2.77 bits per heavy atom. The van der Waals surface area contributed by atoms with E-state index in [2.05, 4.69) is 27.8 Å². The summed E-state index contributed by atoms with van der Waals surface area (Å²) in [5, 5.41) is 10.2. The molecule has 6 nitrogen and oxygen atoms in total. The molecule has 0 radical (unpaired) electrons. The smallest absolute Gasteiger partial charge is 0.258 e. The molecule has 0 spiro atoms. The summed E-state index contributed by atoms with van der Waals surface area (Å²) in [5.41, 5.74) is 3.91. The van der Waals surface area contributed by atoms with E-state index >= 15 is 0 Å². The van der Waals surface area contributed by atoms with Crippen LogP contribution in [0.4, 0.5) is 5.13 Å². The number of nitrogens with one attached hydrogen (secondary N) is 2. The fourth-order valence-corrected chi connectivity index (χ4v) is 4.57. The van der Waals surface area contributed by atoms with Gasteiger partial charge in [-0.15, -0.1) is 11.3 Å². The zero-order valence-corrected chi connectivity index (χ0v) is 17.1. The summed E-state index contributed by atoms with van der Waals surface area (Å²) < 4.78 is 5.73. The lowest BCUT2D eigenvalue weighted by Gasteiger charge is -2.08. The van der Waals surface area contributed by atoms with Crippen molar-refractivity contribution in [2.24, 2.45) is 0 Å². The molecule has 0 unspecified atom stereocenters. The van der Waals surface area contributed by atoms with Crippen LogP contribution < -0.4 is 10.6 Å². The molecule has 0 fully saturated rings. The summed E-state index contributed by atoms with van der Waals surface area (Å²) in [7, 11) is 0. The Hall–Kier alpha value is -3.45. The maximum atomic E-state index is 13.0. The predicted molar refractivity (Wildman–Crippen MR) is 117 cm³/mol. The first kappa shape index (κ1) is 18.6. The Labute approximate surface area is 176 Å². The van der Waals surface area contributed by atoms with Gasteiger partial charge in [-0.05, 0) is 52.9 Å². The molecule has 0 saturated heterocycles. The van der Waals surface area contributed by atoms with Crippen LogP contribution in [0.3, 0.4) is 0 Å². The third-order valence-electron chi connectivity index (χ3n) is 5.27. The zero-order chi connectivity index (χ0) is 20.7. The van der Waals surface area contributed by atoms with Crippen LogP contribution in [0.15, 0.2) is 52.3 Å². The number of amides is 2. The van der Waals surface area contributed by atoms with Crippen molar-refractivity contribution >= 4 is 39.1 Å². The van der Waals surface area contributed by atoms with Gasteiger partial charge in [0.15, 0.2) is 10.9 Å². The van der Waals surface area contributed by atoms with Gasteiger partial charge in [-0.25, -0.2) is 4.98 Å². The maximum Gasteiger partial charge on any atom is 0.258 e. The molecule has 1 aliphatic rings. The van der Waals surface area contributed by atoms with E-state index < -0.39 is 0 Å². The summed E-state index contributed by atoms with van der Waals surface area (Å²) in [6.07, 6.45) is 2.06. The molecule has 2 amide bonds. The van der Waals surface area contributed by atoms with Crippen molar-refractivity contribution in [1.29, 1.82) is 0 Å². The van der Waals surface area contributed by atoms with Crippen LogP contribution in [0.1, 0.15) is 34.2 Å². The van der Waals surface area contributed by atoms with E-state index in [9.17, 15) is 9.59 Å². The third kappa shape index (κ3) is 3.37. The zero-order valence-electron chi connectivity index (χ0n) is 16.3. The quantitative estimate of drug-likeness (QED) is 0.499. The highest BCUT2D eigenvalue weighted by Gasteiger charge is 2.19. The fraction of sp³-hybridized carbons (Fsp3) is 0.174. The predicted octanol–water partition coefficient (Wildman–Crippen LogP) is 4.54. The molecule has 0 saturated carbocycles. The Morgan fingerprint density at radius 1 is 1.10 bits per heavy atom. The van der Waals surface area contributed by atoms with E-state index in [1.807, 2.05) is 23.6 Å². The van der Waals surface area contributed by atoms with Crippen molar-refractivity contribution in [2.45, 2.75) is 26.3 Å². The standard InChI is InChI=1S/C23H19N3O3S/c1-13(27)24-11-16-8-10-20(29-16)19-12-30-23(25-19)26-22(28)18-9-7-15-6-5-14-3-2-4-17(18)21(14)15/h2-4,7-10,12H,5-6,11H2,1H3,(H,24,27)(H,25,26,28). The van der Waals surface area contributed by atoms with Gasteiger partial charge in [0, 0.05) is 17.9 Å². The first-order valence-corrected chi connectivity index (χ1v) is 10.6. The second-order valence-corrected chi connectivity index (χ2v) is 8.14. The second kappa shape index (κ2) is 7.42. The van der Waals surface area contributed by atoms with Gasteiger partial charge in [-0.3, -0.25) is 14.9 Å². The van der Waals surface area contributed by atoms with Gasteiger partial charge < -0.3 is 9.73 Å². The first-order chi connectivity index (χ1) is 14.6. The van der Waals surface area contributed by atoms with Crippen molar-refractivity contribution in [3.05, 3.63) is 70.3 Å². The molecule has 0 atom stereocenters. The average molecular weight is 417 g/mol. The van der Waals surface area contributed by atoms with Crippen molar-refractivity contribution in [3.8, 4) is 11.5 Å². The van der Waals surface area contributed by atoms with Gasteiger partial charge in [-0.1, -0.05) is 24.3 Å². The molecular weight excluding hydrogens is 398 g/mol. The fourth-order valence-electron chi connectivity index (χ4n) is 3.88. The number of anilines is 1. The van der Waals surface area contributed by atoms with Gasteiger partial charge in [0.05, 0.1) is 6.54 Å². The largest absolute Gasteiger partial charge is 0.458 e. The van der Waals surface area contributed by atoms with Gasteiger partial charge in [-0.2, -0.15) is 0 Å². The Kier molecular flexibility index (Phi) is 4.59. The molecule has 150 valence electrons. The molecule has 7 heteroatoms. The molecule has 2 aromatic heterocycles. The molecule has 0 bridgehead atoms. The normalized spacial score (nSPS) is 12.3. The minimum absolute atomic E-state index is 0.116. The van der Waals surface area contributed by atoms with Gasteiger partial charge >= 0.3 is 0 Å². The first-order valence-electron chi connectivity index (χ1n) is 9.72. The summed E-state index contributed by atoms with van der Waals surface area (Å²) in [6.45, 7) is 1.79. The Balaban J connectivity index is 1.36. The van der Waals surface area contributed by atoms with Crippen LogP contribution in [0, 0.1) is 0 Å². The minimum atomic E-state index is -0.169. The summed E-state index contributed by atoms with van der Waals surface area (Å²) in [4.78, 5) is 28.5. The number of rotatable bonds is 5. The van der Waals surface area contributed by atoms with Gasteiger partial charge in [0.1, 0.15) is 11.5 Å². The van der Waals surface area contributed by atoms with E-state index in [-0.39, 0.29) is 11.8 Å². The number of carbonyl (C=O) groups is 2. The number of furan rings is 1. The van der Waals surface area contributed by atoms with Crippen molar-refractivity contribution in [2.75, 3.05) is 5.32 Å². The lowest BCUT2D eigenvalue weighted by atomic mass is 9.99. The van der Waals surface area contributed by atoms with Gasteiger partial charge in [0.2, 0.25) is 5.91 Å². The number of carbonyl (C=O) groups excluding carboxylic acids is 2. The lowest BCUT2D eigenvalue weighted by Crippen LogP contribution is -2.18. The van der Waals surface area contributed by atoms with Crippen molar-refractivity contribution in [1.82, 2.24) is 10.3 Å². The van der Waals surface area contributed by atoms with E-state index in [0.29, 0.717) is 34.5 Å². The van der Waals surface area contributed by atoms with Crippen LogP contribution in [-0.2, 0) is 24.2 Å². The monoisotopic (exact) mass is 417 g/mol. The molecule has 30 heavy (non-hydrogen) atoms. The second-order valence-electron chi connectivity index (χ2n) is 7.28. The molecule has 1 aliphatic carbocycles. The van der Waals surface area contributed by atoms with Crippen LogP contribution in [0.2, 0.25) is 0 Å². The number of hydrogen-bond acceptors (Lipinski definition) is 5. The Morgan fingerprint density at radius 2 is 1.93 bits per heavy atom. The number of aromatic nitrogens is 1. The summed E-state index contributed by atoms with van der Waals surface area (Å²) >= 11 is 1.35. The molecule has 5 rings (SSSR count). The molecule has 2 heterocycles. The van der Waals surface area contributed by atoms with Crippen LogP contribution in [-0.4, -0.2) is 16.8 Å². The highest BCUT2D eigenvalue weighted by molar-refractivity contribution is 7.14. The minimum Gasteiger partial charge on any atom is -0.458 e. The lowest BCUT2D eigenvalue weighted by molar-refractivity contribution is -0.119. The van der Waals surface area contributed by atoms with E-state index in [1.165, 1.54) is 34.8 Å². The molecule has 2 aromatic carbocycles. The van der Waals surface area contributed by atoms with E-state index in [1.54, 1.807) is 12.1 Å². The van der Waals surface area contributed by atoms with Gasteiger partial charge in [0.25, 0.3) is 5.91 Å². The molecule has 4 aromatic rings. The highest BCUT2D eigenvalue weighted by Crippen LogP contribution is 2.33. The van der Waals surface area contributed by atoms with Crippen LogP contribution in [0.5, 0.6) is 0 Å². The number of benzene rings is 2. The Bertz CT molecular complexity index is 1280. The van der Waals surface area contributed by atoms with E-state index in [4.69, 9.17) is 4.42 Å². The topological polar surface area (TPSA) is 84.2 Å². The average Bonchev–Trinajstić information content (AvgIpc) is 3.47. The van der Waals surface area contributed by atoms with Crippen molar-refractivity contribution < 1.29 is 14.0 Å². The molecular formula is C23H19N3O3S. The molecule has 0 aliphatic heterocycles. The summed E-state index contributed by atoms with van der Waals surface area (Å²) in [5.74, 6) is 0.955. The highest BCUT2D eigenvalue weighted by atomic mass is 32.1. The third-order valence-corrected chi connectivity index (χ3v) is 6.03. The number of aryl methyl sites for hydroxylation is 2. The van der Waals surface area contributed by atoms with Crippen molar-refractivity contribution in [3.63, 3.8) is 0 Å². The summed E-state index contributed by atoms with van der Waals surface area (Å²) in [6, 6.07) is 13.7. The SMILES string of the molecule is CC(=O)NCc1ccc(-c2csc(NC(=O)c3ccc4c5c(cccc35)CC4)n2)o1.